The average molecular weight is 450 g/mol. The molecule has 0 bridgehead atoms. The number of ether oxygens (including phenoxy) is 1. The van der Waals surface area contributed by atoms with Crippen LogP contribution >= 0.6 is 0 Å². The normalized spacial score (nSPS) is 18.5. The minimum atomic E-state index is -0.317. The Balaban J connectivity index is 1.46. The Morgan fingerprint density at radius 3 is 2.45 bits per heavy atom. The fraction of sp³-hybridized carbons (Fsp3) is 0.360. The topological polar surface area (TPSA) is 109 Å². The van der Waals surface area contributed by atoms with Crippen molar-refractivity contribution in [3.05, 3.63) is 76.6 Å². The van der Waals surface area contributed by atoms with E-state index in [1.807, 2.05) is 35.3 Å². The summed E-state index contributed by atoms with van der Waals surface area (Å²) in [4.78, 5) is 25.2. The molecule has 1 heterocycles. The molecule has 174 valence electrons. The van der Waals surface area contributed by atoms with Crippen molar-refractivity contribution in [1.29, 1.82) is 0 Å². The Kier molecular flexibility index (Phi) is 6.84. The van der Waals surface area contributed by atoms with E-state index < -0.39 is 0 Å². The minimum absolute atomic E-state index is 0.182. The molecule has 33 heavy (non-hydrogen) atoms. The van der Waals surface area contributed by atoms with E-state index in [9.17, 15) is 9.59 Å². The highest BCUT2D eigenvalue weighted by Crippen LogP contribution is 2.35. The molecule has 1 unspecified atom stereocenters. The summed E-state index contributed by atoms with van der Waals surface area (Å²) < 4.78 is 5.26. The quantitative estimate of drug-likeness (QED) is 0.517. The van der Waals surface area contributed by atoms with E-state index in [1.54, 1.807) is 32.4 Å². The van der Waals surface area contributed by atoms with Gasteiger partial charge in [0.25, 0.3) is 11.8 Å². The summed E-state index contributed by atoms with van der Waals surface area (Å²) in [5, 5.41) is 7.62. The van der Waals surface area contributed by atoms with Crippen molar-refractivity contribution in [3.8, 4) is 5.75 Å². The van der Waals surface area contributed by atoms with Crippen LogP contribution in [0, 0.1) is 0 Å². The number of nitrogens with two attached hydrogens (primary N) is 1. The van der Waals surface area contributed by atoms with Crippen molar-refractivity contribution >= 4 is 11.8 Å². The first-order valence-corrected chi connectivity index (χ1v) is 11.3. The lowest BCUT2D eigenvalue weighted by Crippen LogP contribution is -2.42. The van der Waals surface area contributed by atoms with Gasteiger partial charge in [0.1, 0.15) is 11.6 Å². The van der Waals surface area contributed by atoms with Gasteiger partial charge in [-0.3, -0.25) is 14.6 Å². The predicted octanol–water partition coefficient (Wildman–Crippen LogP) is 2.35. The number of para-hydroxylation sites is 1. The number of hydrazine groups is 1. The number of hydrogen-bond donors (Lipinski definition) is 4. The third-order valence-corrected chi connectivity index (χ3v) is 6.37. The number of likely N-dealkylation sites (N-methyl/N-ethyl adjacent to an activating group) is 1. The Morgan fingerprint density at radius 1 is 1.09 bits per heavy atom. The standard InChI is InChI=1S/C25H31N5O3/c1-27-25(32)21-22(29-30(23(21)26)18-7-3-4-8-18)17-13-11-16(12-14-17)15-28-24(31)19-9-5-6-10-20(19)33-2/h5-6,9-14,18,22,29H,3-4,7-8,15,26H2,1-2H3,(H,27,32)(H,28,31). The third kappa shape index (κ3) is 4.66. The molecule has 1 fully saturated rings. The molecule has 1 atom stereocenters. The Hall–Kier alpha value is -3.52. The molecule has 2 aromatic rings. The molecule has 5 N–H and O–H groups in total. The van der Waals surface area contributed by atoms with E-state index in [0.29, 0.717) is 35.3 Å². The fourth-order valence-electron chi connectivity index (χ4n) is 4.58. The van der Waals surface area contributed by atoms with Gasteiger partial charge in [-0.15, -0.1) is 0 Å². The maximum Gasteiger partial charge on any atom is 0.255 e. The minimum Gasteiger partial charge on any atom is -0.496 e. The molecule has 2 aromatic carbocycles. The lowest BCUT2D eigenvalue weighted by atomic mass is 9.98. The summed E-state index contributed by atoms with van der Waals surface area (Å²) in [5.41, 5.74) is 12.8. The van der Waals surface area contributed by atoms with Gasteiger partial charge >= 0.3 is 0 Å². The SMILES string of the molecule is CNC(=O)C1=C(N)N(C2CCCC2)NC1c1ccc(CNC(=O)c2ccccc2OC)cc1. The van der Waals surface area contributed by atoms with E-state index in [2.05, 4.69) is 16.1 Å². The van der Waals surface area contributed by atoms with Crippen LogP contribution in [0.5, 0.6) is 5.75 Å². The van der Waals surface area contributed by atoms with Crippen molar-refractivity contribution in [2.75, 3.05) is 14.2 Å². The number of benzene rings is 2. The maximum absolute atomic E-state index is 12.6. The zero-order chi connectivity index (χ0) is 23.4. The van der Waals surface area contributed by atoms with Gasteiger partial charge in [0, 0.05) is 19.6 Å². The fourth-order valence-corrected chi connectivity index (χ4v) is 4.58. The highest BCUT2D eigenvalue weighted by molar-refractivity contribution is 5.97. The summed E-state index contributed by atoms with van der Waals surface area (Å²) in [6.45, 7) is 0.379. The molecule has 1 aliphatic carbocycles. The molecule has 2 amide bonds. The van der Waals surface area contributed by atoms with E-state index in [4.69, 9.17) is 10.5 Å². The molecule has 4 rings (SSSR count). The van der Waals surface area contributed by atoms with Crippen molar-refractivity contribution in [1.82, 2.24) is 21.1 Å². The van der Waals surface area contributed by atoms with Crippen molar-refractivity contribution in [2.24, 2.45) is 5.73 Å². The Labute approximate surface area is 194 Å². The summed E-state index contributed by atoms with van der Waals surface area (Å²) in [6, 6.07) is 15.0. The molecular weight excluding hydrogens is 418 g/mol. The van der Waals surface area contributed by atoms with Crippen LogP contribution in [0.25, 0.3) is 0 Å². The van der Waals surface area contributed by atoms with Gasteiger partial charge in [0.05, 0.1) is 24.3 Å². The monoisotopic (exact) mass is 449 g/mol. The zero-order valence-corrected chi connectivity index (χ0v) is 19.1. The number of methoxy groups -OCH3 is 1. The Bertz CT molecular complexity index is 1040. The molecule has 0 saturated heterocycles. The molecule has 8 nitrogen and oxygen atoms in total. The Morgan fingerprint density at radius 2 is 1.79 bits per heavy atom. The van der Waals surface area contributed by atoms with Crippen LogP contribution < -0.4 is 26.5 Å². The van der Waals surface area contributed by atoms with Crippen molar-refractivity contribution < 1.29 is 14.3 Å². The summed E-state index contributed by atoms with van der Waals surface area (Å²) in [5.74, 6) is 0.660. The first-order chi connectivity index (χ1) is 16.0. The molecule has 0 radical (unpaired) electrons. The summed E-state index contributed by atoms with van der Waals surface area (Å²) in [7, 11) is 3.16. The van der Waals surface area contributed by atoms with E-state index >= 15 is 0 Å². The largest absolute Gasteiger partial charge is 0.496 e. The van der Waals surface area contributed by atoms with Gasteiger partial charge in [0.15, 0.2) is 0 Å². The van der Waals surface area contributed by atoms with Crippen LogP contribution in [0.2, 0.25) is 0 Å². The van der Waals surface area contributed by atoms with Gasteiger partial charge < -0.3 is 21.1 Å². The van der Waals surface area contributed by atoms with Crippen LogP contribution in [0.15, 0.2) is 59.9 Å². The lowest BCUT2D eigenvalue weighted by molar-refractivity contribution is -0.117. The van der Waals surface area contributed by atoms with E-state index in [0.717, 1.165) is 24.0 Å². The summed E-state index contributed by atoms with van der Waals surface area (Å²) in [6.07, 6.45) is 4.47. The van der Waals surface area contributed by atoms with Crippen LogP contribution in [-0.2, 0) is 11.3 Å². The van der Waals surface area contributed by atoms with Crippen LogP contribution in [0.3, 0.4) is 0 Å². The van der Waals surface area contributed by atoms with E-state index in [1.165, 1.54) is 12.8 Å². The second-order valence-corrected chi connectivity index (χ2v) is 8.37. The highest BCUT2D eigenvalue weighted by Gasteiger charge is 2.38. The molecule has 1 saturated carbocycles. The molecule has 0 spiro atoms. The first-order valence-electron chi connectivity index (χ1n) is 11.3. The van der Waals surface area contributed by atoms with Crippen LogP contribution in [0.4, 0.5) is 0 Å². The first kappa shape index (κ1) is 22.7. The number of hydrogen-bond acceptors (Lipinski definition) is 6. The molecule has 2 aliphatic rings. The lowest BCUT2D eigenvalue weighted by Gasteiger charge is -2.28. The maximum atomic E-state index is 12.6. The van der Waals surface area contributed by atoms with Crippen molar-refractivity contribution in [2.45, 2.75) is 44.3 Å². The molecule has 8 heteroatoms. The second kappa shape index (κ2) is 9.95. The number of amides is 2. The zero-order valence-electron chi connectivity index (χ0n) is 19.1. The van der Waals surface area contributed by atoms with E-state index in [-0.39, 0.29) is 17.9 Å². The van der Waals surface area contributed by atoms with Gasteiger partial charge in [0.2, 0.25) is 0 Å². The number of rotatable bonds is 7. The van der Waals surface area contributed by atoms with Gasteiger partial charge in [-0.05, 0) is 36.1 Å². The second-order valence-electron chi connectivity index (χ2n) is 8.37. The third-order valence-electron chi connectivity index (χ3n) is 6.37. The van der Waals surface area contributed by atoms with Crippen LogP contribution in [0.1, 0.15) is 53.2 Å². The average Bonchev–Trinajstić information content (AvgIpc) is 3.50. The van der Waals surface area contributed by atoms with Crippen molar-refractivity contribution in [3.63, 3.8) is 0 Å². The van der Waals surface area contributed by atoms with Gasteiger partial charge in [-0.25, -0.2) is 5.43 Å². The van der Waals surface area contributed by atoms with Crippen LogP contribution in [-0.4, -0.2) is 37.0 Å². The smallest absolute Gasteiger partial charge is 0.255 e. The highest BCUT2D eigenvalue weighted by atomic mass is 16.5. The summed E-state index contributed by atoms with van der Waals surface area (Å²) >= 11 is 0. The predicted molar refractivity (Wildman–Crippen MR) is 126 cm³/mol. The number of nitrogens with zero attached hydrogens (tertiary/aromatic N) is 1. The molecule has 0 aromatic heterocycles. The molecular formula is C25H31N5O3. The van der Waals surface area contributed by atoms with Gasteiger partial charge in [-0.1, -0.05) is 49.2 Å². The number of nitrogens with one attached hydrogen (secondary N) is 3. The van der Waals surface area contributed by atoms with Gasteiger partial charge in [-0.2, -0.15) is 0 Å². The number of carbonyl (C=O) groups is 2. The molecule has 1 aliphatic heterocycles. The number of carbonyl (C=O) groups excluding carboxylic acids is 2.